The van der Waals surface area contributed by atoms with Crippen molar-refractivity contribution in [2.75, 3.05) is 5.75 Å². The summed E-state index contributed by atoms with van der Waals surface area (Å²) in [6.07, 6.45) is 6.20. The maximum absolute atomic E-state index is 13.6. The van der Waals surface area contributed by atoms with E-state index in [9.17, 15) is 9.18 Å². The van der Waals surface area contributed by atoms with Crippen LogP contribution in [0.1, 0.15) is 45.6 Å². The molecule has 0 aliphatic rings. The Kier molecular flexibility index (Phi) is 7.25. The summed E-state index contributed by atoms with van der Waals surface area (Å²) in [7, 11) is 0. The number of halogens is 1. The van der Waals surface area contributed by atoms with E-state index >= 15 is 0 Å². The Morgan fingerprint density at radius 1 is 1.41 bits per heavy atom. The Balaban J connectivity index is 1.91. The van der Waals surface area contributed by atoms with Crippen LogP contribution in [0.3, 0.4) is 0 Å². The molecule has 144 valence electrons. The van der Waals surface area contributed by atoms with Crippen molar-refractivity contribution in [3.63, 3.8) is 0 Å². The van der Waals surface area contributed by atoms with Crippen LogP contribution in [-0.2, 0) is 4.79 Å². The smallest absolute Gasteiger partial charge is 0.277 e. The number of para-hydroxylation sites is 1. The number of rotatable bonds is 9. The first-order chi connectivity index (χ1) is 12.9. The van der Waals surface area contributed by atoms with Crippen LogP contribution in [-0.4, -0.2) is 27.4 Å². The van der Waals surface area contributed by atoms with E-state index in [1.807, 2.05) is 13.8 Å². The number of thioether (sulfide) groups is 1. The first-order valence-electron chi connectivity index (χ1n) is 8.59. The monoisotopic (exact) mass is 391 g/mol. The Bertz CT molecular complexity index is 815. The summed E-state index contributed by atoms with van der Waals surface area (Å²) in [5.41, 5.74) is -0.639. The predicted molar refractivity (Wildman–Crippen MR) is 101 cm³/mol. The van der Waals surface area contributed by atoms with Crippen molar-refractivity contribution in [2.45, 2.75) is 50.5 Å². The van der Waals surface area contributed by atoms with Crippen LogP contribution in [0.15, 0.2) is 33.9 Å². The van der Waals surface area contributed by atoms with Gasteiger partial charge in [0.25, 0.3) is 11.1 Å². The fourth-order valence-electron chi connectivity index (χ4n) is 2.32. The molecule has 1 aromatic heterocycles. The van der Waals surface area contributed by atoms with Crippen LogP contribution in [0.5, 0.6) is 5.75 Å². The molecule has 1 aromatic carbocycles. The molecule has 0 spiro atoms. The highest BCUT2D eigenvalue weighted by molar-refractivity contribution is 7.99. The number of nitrogens with one attached hydrogen (secondary N) is 1. The largest absolute Gasteiger partial charge is 0.478 e. The number of ether oxygens (including phenoxy) is 1. The van der Waals surface area contributed by atoms with Gasteiger partial charge in [0, 0.05) is 0 Å². The average Bonchev–Trinajstić information content (AvgIpc) is 3.16. The van der Waals surface area contributed by atoms with Gasteiger partial charge in [0.1, 0.15) is 5.54 Å². The first-order valence-corrected chi connectivity index (χ1v) is 9.57. The number of aromatic nitrogens is 2. The van der Waals surface area contributed by atoms with Crippen LogP contribution in [0, 0.1) is 18.2 Å². The minimum absolute atomic E-state index is 0.0909. The molecule has 1 atom stereocenters. The van der Waals surface area contributed by atoms with Gasteiger partial charge in [0.15, 0.2) is 17.7 Å². The molecule has 1 heterocycles. The highest BCUT2D eigenvalue weighted by Crippen LogP contribution is 2.25. The second kappa shape index (κ2) is 9.42. The summed E-state index contributed by atoms with van der Waals surface area (Å²) in [5.74, 6) is 2.35. The first kappa shape index (κ1) is 20.8. The lowest BCUT2D eigenvalue weighted by Crippen LogP contribution is -2.47. The Morgan fingerprint density at radius 3 is 2.74 bits per heavy atom. The lowest BCUT2D eigenvalue weighted by molar-refractivity contribution is -0.119. The summed E-state index contributed by atoms with van der Waals surface area (Å²) >= 11 is 1.10. The molecule has 8 heteroatoms. The third-order valence-electron chi connectivity index (χ3n) is 4.10. The normalized spacial score (nSPS) is 12.3. The summed E-state index contributed by atoms with van der Waals surface area (Å²) in [5, 5.41) is 10.9. The number of terminal acetylenes is 1. The molecule has 0 radical (unpaired) electrons. The summed E-state index contributed by atoms with van der Waals surface area (Å²) < 4.78 is 24.6. The zero-order chi connectivity index (χ0) is 19.9. The quantitative estimate of drug-likeness (QED) is 0.518. The second-order valence-electron chi connectivity index (χ2n) is 5.87. The maximum atomic E-state index is 13.6. The molecule has 0 aliphatic heterocycles. The highest BCUT2D eigenvalue weighted by Gasteiger charge is 2.25. The molecule has 27 heavy (non-hydrogen) atoms. The van der Waals surface area contributed by atoms with E-state index in [-0.39, 0.29) is 28.5 Å². The predicted octanol–water partition coefficient (Wildman–Crippen LogP) is 3.75. The van der Waals surface area contributed by atoms with E-state index in [4.69, 9.17) is 15.6 Å². The lowest BCUT2D eigenvalue weighted by Gasteiger charge is -2.26. The molecule has 2 rings (SSSR count). The number of benzene rings is 1. The van der Waals surface area contributed by atoms with Gasteiger partial charge in [-0.25, -0.2) is 4.39 Å². The molecule has 0 fully saturated rings. The minimum atomic E-state index is -0.639. The van der Waals surface area contributed by atoms with Gasteiger partial charge in [-0.3, -0.25) is 4.79 Å². The van der Waals surface area contributed by atoms with E-state index in [1.165, 1.54) is 12.1 Å². The van der Waals surface area contributed by atoms with Gasteiger partial charge in [-0.2, -0.15) is 0 Å². The van der Waals surface area contributed by atoms with Gasteiger partial charge in [-0.1, -0.05) is 43.7 Å². The number of hydrogen-bond donors (Lipinski definition) is 1. The molecule has 0 aliphatic carbocycles. The van der Waals surface area contributed by atoms with Crippen molar-refractivity contribution in [3.05, 3.63) is 36.0 Å². The van der Waals surface area contributed by atoms with Gasteiger partial charge in [-0.15, -0.1) is 16.6 Å². The van der Waals surface area contributed by atoms with E-state index in [0.29, 0.717) is 12.8 Å². The van der Waals surface area contributed by atoms with E-state index in [0.717, 1.165) is 11.8 Å². The van der Waals surface area contributed by atoms with Crippen LogP contribution in [0.4, 0.5) is 4.39 Å². The molecular weight excluding hydrogens is 369 g/mol. The van der Waals surface area contributed by atoms with Crippen LogP contribution in [0.25, 0.3) is 0 Å². The van der Waals surface area contributed by atoms with Gasteiger partial charge < -0.3 is 14.5 Å². The number of nitrogens with zero attached hydrogens (tertiary/aromatic N) is 2. The fraction of sp³-hybridized carbons (Fsp3) is 0.421. The van der Waals surface area contributed by atoms with Crippen LogP contribution >= 0.6 is 11.8 Å². The Hall–Kier alpha value is -2.53. The van der Waals surface area contributed by atoms with Gasteiger partial charge in [0.2, 0.25) is 5.91 Å². The minimum Gasteiger partial charge on any atom is -0.478 e. The Morgan fingerprint density at radius 2 is 2.11 bits per heavy atom. The SMILES string of the molecule is C#CC(CC)(CC)NC(=O)CSc1nnc(C(C)Oc2ccccc2F)o1. The second-order valence-corrected chi connectivity index (χ2v) is 6.79. The van der Waals surface area contributed by atoms with E-state index in [2.05, 4.69) is 21.4 Å². The molecular formula is C19H22FN3O3S. The van der Waals surface area contributed by atoms with E-state index in [1.54, 1.807) is 19.1 Å². The third-order valence-corrected chi connectivity index (χ3v) is 4.92. The topological polar surface area (TPSA) is 77.2 Å². The highest BCUT2D eigenvalue weighted by atomic mass is 32.2. The van der Waals surface area contributed by atoms with Gasteiger partial charge >= 0.3 is 0 Å². The maximum Gasteiger partial charge on any atom is 0.277 e. The average molecular weight is 391 g/mol. The van der Waals surface area contributed by atoms with Crippen molar-refractivity contribution in [1.29, 1.82) is 0 Å². The summed E-state index contributed by atoms with van der Waals surface area (Å²) in [6, 6.07) is 6.06. The fourth-order valence-corrected chi connectivity index (χ4v) is 2.89. The molecule has 0 saturated heterocycles. The zero-order valence-corrected chi connectivity index (χ0v) is 16.3. The van der Waals surface area contributed by atoms with Crippen molar-refractivity contribution < 1.29 is 18.3 Å². The summed E-state index contributed by atoms with van der Waals surface area (Å²) in [4.78, 5) is 12.1. The molecule has 1 unspecified atom stereocenters. The molecule has 6 nitrogen and oxygen atoms in total. The standard InChI is InChI=1S/C19H22FN3O3S/c1-5-19(6-2,7-3)21-16(24)12-27-18-23-22-17(26-18)13(4)25-15-11-9-8-10-14(15)20/h1,8-11,13H,6-7,12H2,2-4H3,(H,21,24). The molecule has 0 bridgehead atoms. The number of hydrogen-bond acceptors (Lipinski definition) is 6. The number of amides is 1. The molecule has 1 amide bonds. The van der Waals surface area contributed by atoms with Crippen molar-refractivity contribution in [3.8, 4) is 18.1 Å². The van der Waals surface area contributed by atoms with Crippen molar-refractivity contribution >= 4 is 17.7 Å². The van der Waals surface area contributed by atoms with Crippen molar-refractivity contribution in [1.82, 2.24) is 15.5 Å². The zero-order valence-electron chi connectivity index (χ0n) is 15.5. The number of carbonyl (C=O) groups is 1. The van der Waals surface area contributed by atoms with Crippen LogP contribution < -0.4 is 10.1 Å². The van der Waals surface area contributed by atoms with E-state index < -0.39 is 17.5 Å². The number of carbonyl (C=O) groups excluding carboxylic acids is 1. The molecule has 2 aromatic rings. The lowest BCUT2D eigenvalue weighted by atomic mass is 9.94. The van der Waals surface area contributed by atoms with Gasteiger partial charge in [-0.05, 0) is 31.9 Å². The molecule has 1 N–H and O–H groups in total. The Labute approximate surface area is 162 Å². The van der Waals surface area contributed by atoms with Crippen molar-refractivity contribution in [2.24, 2.45) is 0 Å². The van der Waals surface area contributed by atoms with Gasteiger partial charge in [0.05, 0.1) is 5.75 Å². The summed E-state index contributed by atoms with van der Waals surface area (Å²) in [6.45, 7) is 5.53. The van der Waals surface area contributed by atoms with Crippen LogP contribution in [0.2, 0.25) is 0 Å². The third kappa shape index (κ3) is 5.47. The molecule has 0 saturated carbocycles.